The fourth-order valence-electron chi connectivity index (χ4n) is 3.31. The van der Waals surface area contributed by atoms with Gasteiger partial charge in [0.15, 0.2) is 0 Å². The highest BCUT2D eigenvalue weighted by Gasteiger charge is 2.32. The Morgan fingerprint density at radius 3 is 2.34 bits per heavy atom. The number of rotatable bonds is 5. The van der Waals surface area contributed by atoms with Gasteiger partial charge in [-0.3, -0.25) is 4.79 Å². The summed E-state index contributed by atoms with van der Waals surface area (Å²) in [5, 5.41) is 0.182. The first-order valence-corrected chi connectivity index (χ1v) is 11.7. The number of anilines is 1. The van der Waals surface area contributed by atoms with Crippen molar-refractivity contribution < 1.29 is 26.4 Å². The molecule has 6 nitrogen and oxygen atoms in total. The molecule has 0 N–H and O–H groups in total. The quantitative estimate of drug-likeness (QED) is 0.611. The van der Waals surface area contributed by atoms with Gasteiger partial charge in [0.1, 0.15) is 4.90 Å². The summed E-state index contributed by atoms with van der Waals surface area (Å²) in [6.45, 7) is 0.740. The van der Waals surface area contributed by atoms with Crippen molar-refractivity contribution in [1.82, 2.24) is 9.21 Å². The topological polar surface area (TPSA) is 60.9 Å². The van der Waals surface area contributed by atoms with Crippen LogP contribution < -0.4 is 4.90 Å². The highest BCUT2D eigenvalue weighted by molar-refractivity contribution is 7.89. The fourth-order valence-corrected chi connectivity index (χ4v) is 5.16. The summed E-state index contributed by atoms with van der Waals surface area (Å²) in [5.41, 5.74) is -0.317. The molecule has 0 bridgehead atoms. The number of sulfonamides is 1. The van der Waals surface area contributed by atoms with E-state index in [1.54, 1.807) is 11.0 Å². The van der Waals surface area contributed by atoms with Crippen molar-refractivity contribution in [2.24, 2.45) is 0 Å². The van der Waals surface area contributed by atoms with E-state index in [4.69, 9.17) is 23.2 Å². The van der Waals surface area contributed by atoms with Gasteiger partial charge in [-0.1, -0.05) is 29.3 Å². The molecular weight excluding hydrogens is 490 g/mol. The lowest BCUT2D eigenvalue weighted by Gasteiger charge is -2.36. The monoisotopic (exact) mass is 509 g/mol. The van der Waals surface area contributed by atoms with Crippen LogP contribution >= 0.6 is 23.2 Å². The van der Waals surface area contributed by atoms with E-state index in [-0.39, 0.29) is 28.0 Å². The van der Waals surface area contributed by atoms with E-state index in [1.165, 1.54) is 36.2 Å². The largest absolute Gasteiger partial charge is 0.416 e. The number of halogens is 5. The Kier molecular flexibility index (Phi) is 7.28. The van der Waals surface area contributed by atoms with Crippen LogP contribution in [0.1, 0.15) is 5.56 Å². The van der Waals surface area contributed by atoms with Crippen molar-refractivity contribution in [3.05, 3.63) is 58.1 Å². The van der Waals surface area contributed by atoms with Crippen molar-refractivity contribution in [3.63, 3.8) is 0 Å². The minimum Gasteiger partial charge on any atom is -0.368 e. The van der Waals surface area contributed by atoms with Gasteiger partial charge in [0, 0.05) is 43.9 Å². The number of carbonyl (C=O) groups excluding carboxylic acids is 1. The van der Waals surface area contributed by atoms with Crippen molar-refractivity contribution >= 4 is 44.8 Å². The van der Waals surface area contributed by atoms with Crippen LogP contribution in [0.5, 0.6) is 0 Å². The van der Waals surface area contributed by atoms with Crippen molar-refractivity contribution in [2.75, 3.05) is 44.7 Å². The zero-order chi connectivity index (χ0) is 23.7. The van der Waals surface area contributed by atoms with Gasteiger partial charge in [0.25, 0.3) is 0 Å². The van der Waals surface area contributed by atoms with Gasteiger partial charge in [-0.25, -0.2) is 8.42 Å². The summed E-state index contributed by atoms with van der Waals surface area (Å²) in [4.78, 5) is 15.7. The zero-order valence-corrected chi connectivity index (χ0v) is 19.3. The zero-order valence-electron chi connectivity index (χ0n) is 16.9. The van der Waals surface area contributed by atoms with Gasteiger partial charge in [-0.15, -0.1) is 0 Å². The van der Waals surface area contributed by atoms with Gasteiger partial charge in [0.05, 0.1) is 17.1 Å². The molecule has 174 valence electrons. The normalized spacial score (nSPS) is 15.3. The second-order valence-electron chi connectivity index (χ2n) is 7.25. The third-order valence-electron chi connectivity index (χ3n) is 5.11. The van der Waals surface area contributed by atoms with Crippen LogP contribution in [0.15, 0.2) is 47.4 Å². The molecule has 1 fully saturated rings. The van der Waals surface area contributed by atoms with Gasteiger partial charge in [-0.2, -0.15) is 17.5 Å². The molecule has 12 heteroatoms. The van der Waals surface area contributed by atoms with E-state index in [1.807, 2.05) is 0 Å². The van der Waals surface area contributed by atoms with Gasteiger partial charge < -0.3 is 9.80 Å². The summed E-state index contributed by atoms with van der Waals surface area (Å²) in [6.07, 6.45) is -4.43. The van der Waals surface area contributed by atoms with Crippen LogP contribution in [0.4, 0.5) is 18.9 Å². The smallest absolute Gasteiger partial charge is 0.368 e. The van der Waals surface area contributed by atoms with E-state index >= 15 is 0 Å². The average molecular weight is 510 g/mol. The van der Waals surface area contributed by atoms with Crippen molar-refractivity contribution in [2.45, 2.75) is 11.1 Å². The number of hydrogen-bond acceptors (Lipinski definition) is 4. The predicted molar refractivity (Wildman–Crippen MR) is 117 cm³/mol. The van der Waals surface area contributed by atoms with Crippen molar-refractivity contribution in [1.29, 1.82) is 0 Å². The summed E-state index contributed by atoms with van der Waals surface area (Å²) in [7, 11) is -2.78. The summed E-state index contributed by atoms with van der Waals surface area (Å²) < 4.78 is 65.3. The molecular formula is C20H20Cl2F3N3O3S. The Bertz CT molecular complexity index is 1100. The van der Waals surface area contributed by atoms with Gasteiger partial charge in [0.2, 0.25) is 15.9 Å². The molecule has 1 amide bonds. The molecule has 0 atom stereocenters. The molecule has 1 aliphatic heterocycles. The standard InChI is InChI=1S/C20H20Cl2F3N3O3S/c1-26(32(30,31)18-12-15(21)5-6-17(18)22)13-19(29)28-9-7-27(8-10-28)16-4-2-3-14(11-16)20(23,24)25/h2-6,11-12H,7-10,13H2,1H3. The second-order valence-corrected chi connectivity index (χ2v) is 10.1. The molecule has 2 aromatic rings. The number of carbonyl (C=O) groups is 1. The number of amides is 1. The Hall–Kier alpha value is -2.01. The molecule has 0 saturated carbocycles. The summed E-state index contributed by atoms with van der Waals surface area (Å²) >= 11 is 11.9. The van der Waals surface area contributed by atoms with E-state index < -0.39 is 34.2 Å². The second kappa shape index (κ2) is 9.46. The Labute approximate surface area is 194 Å². The van der Waals surface area contributed by atoms with E-state index in [0.29, 0.717) is 18.8 Å². The van der Waals surface area contributed by atoms with Crippen LogP contribution in [0, 0.1) is 0 Å². The maximum absolute atomic E-state index is 12.9. The minimum atomic E-state index is -4.43. The number of alkyl halides is 3. The molecule has 3 rings (SSSR count). The maximum Gasteiger partial charge on any atom is 0.416 e. The first kappa shape index (κ1) is 24.6. The van der Waals surface area contributed by atoms with Crippen LogP contribution in [0.25, 0.3) is 0 Å². The Morgan fingerprint density at radius 1 is 1.06 bits per heavy atom. The first-order valence-electron chi connectivity index (χ1n) is 9.51. The molecule has 2 aromatic carbocycles. The van der Waals surface area contributed by atoms with Crippen LogP contribution in [-0.2, 0) is 21.0 Å². The predicted octanol–water partition coefficient (Wildman–Crippen LogP) is 3.98. The first-order chi connectivity index (χ1) is 14.9. The SMILES string of the molecule is CN(CC(=O)N1CCN(c2cccc(C(F)(F)F)c2)CC1)S(=O)(=O)c1cc(Cl)ccc1Cl. The molecule has 0 unspecified atom stereocenters. The van der Waals surface area contributed by atoms with Crippen molar-refractivity contribution in [3.8, 4) is 0 Å². The number of piperazine rings is 1. The highest BCUT2D eigenvalue weighted by atomic mass is 35.5. The van der Waals surface area contributed by atoms with Crippen LogP contribution in [-0.4, -0.2) is 63.3 Å². The number of benzene rings is 2. The number of nitrogens with zero attached hydrogens (tertiary/aromatic N) is 3. The maximum atomic E-state index is 12.9. The molecule has 0 radical (unpaired) electrons. The molecule has 0 aliphatic carbocycles. The highest BCUT2D eigenvalue weighted by Crippen LogP contribution is 2.32. The molecule has 0 aromatic heterocycles. The lowest BCUT2D eigenvalue weighted by Crippen LogP contribution is -2.51. The molecule has 1 saturated heterocycles. The minimum absolute atomic E-state index is 0.0107. The molecule has 32 heavy (non-hydrogen) atoms. The van der Waals surface area contributed by atoms with E-state index in [2.05, 4.69) is 0 Å². The van der Waals surface area contributed by atoms with E-state index in [9.17, 15) is 26.4 Å². The summed E-state index contributed by atoms with van der Waals surface area (Å²) in [5.74, 6) is -0.419. The number of hydrogen-bond donors (Lipinski definition) is 0. The van der Waals surface area contributed by atoms with Crippen LogP contribution in [0.3, 0.4) is 0 Å². The molecule has 0 spiro atoms. The molecule has 1 aliphatic rings. The molecule has 1 heterocycles. The van der Waals surface area contributed by atoms with Gasteiger partial charge in [-0.05, 0) is 36.4 Å². The lowest BCUT2D eigenvalue weighted by atomic mass is 10.1. The Balaban J connectivity index is 1.63. The van der Waals surface area contributed by atoms with Gasteiger partial charge >= 0.3 is 6.18 Å². The Morgan fingerprint density at radius 2 is 1.72 bits per heavy atom. The average Bonchev–Trinajstić information content (AvgIpc) is 2.75. The third-order valence-corrected chi connectivity index (χ3v) is 7.63. The summed E-state index contributed by atoms with van der Waals surface area (Å²) in [6, 6.07) is 9.04. The lowest BCUT2D eigenvalue weighted by molar-refractivity contribution is -0.137. The van der Waals surface area contributed by atoms with Crippen LogP contribution in [0.2, 0.25) is 10.0 Å². The number of likely N-dealkylation sites (N-methyl/N-ethyl adjacent to an activating group) is 1. The fraction of sp³-hybridized carbons (Fsp3) is 0.350. The third kappa shape index (κ3) is 5.48. The van der Waals surface area contributed by atoms with E-state index in [0.717, 1.165) is 16.4 Å².